The van der Waals surface area contributed by atoms with E-state index in [1.807, 2.05) is 0 Å². The van der Waals surface area contributed by atoms with E-state index in [0.29, 0.717) is 18.8 Å². The third kappa shape index (κ3) is 3.41. The average molecular weight is 271 g/mol. The van der Waals surface area contributed by atoms with Gasteiger partial charge in [-0.1, -0.05) is 12.1 Å². The molecule has 0 amide bonds. The lowest BCUT2D eigenvalue weighted by Gasteiger charge is -2.29. The Balaban J connectivity index is 2.04. The third-order valence-corrected chi connectivity index (χ3v) is 3.05. The Bertz CT molecular complexity index is 442. The summed E-state index contributed by atoms with van der Waals surface area (Å²) >= 11 is 0. The number of aliphatic carboxylic acids is 1. The van der Waals surface area contributed by atoms with E-state index in [2.05, 4.69) is 4.90 Å². The minimum Gasteiger partial charge on any atom is -0.477 e. The minimum atomic E-state index is -3.72. The Kier molecular flexibility index (Phi) is 3.99. The van der Waals surface area contributed by atoms with Crippen LogP contribution in [0.2, 0.25) is 0 Å². The summed E-state index contributed by atoms with van der Waals surface area (Å²) in [7, 11) is 0. The molecule has 1 fully saturated rings. The number of benzene rings is 1. The van der Waals surface area contributed by atoms with Gasteiger partial charge in [-0.05, 0) is 17.7 Å². The average Bonchev–Trinajstić information content (AvgIpc) is 2.40. The Labute approximate surface area is 109 Å². The number of morpholine rings is 1. The summed E-state index contributed by atoms with van der Waals surface area (Å²) in [6, 6.07) is 6.56. The van der Waals surface area contributed by atoms with Gasteiger partial charge in [0.15, 0.2) is 0 Å². The highest BCUT2D eigenvalue weighted by atomic mass is 19.3. The summed E-state index contributed by atoms with van der Waals surface area (Å²) < 4.78 is 31.4. The highest BCUT2D eigenvalue weighted by Gasteiger charge is 2.38. The number of alkyl halides is 2. The predicted octanol–water partition coefficient (Wildman–Crippen LogP) is 1.79. The van der Waals surface area contributed by atoms with Crippen LogP contribution < -0.4 is 4.90 Å². The second-order valence-corrected chi connectivity index (χ2v) is 4.45. The second kappa shape index (κ2) is 5.52. The lowest BCUT2D eigenvalue weighted by Crippen LogP contribution is -2.36. The number of ether oxygens (including phenoxy) is 1. The Hall–Kier alpha value is -1.69. The SMILES string of the molecule is O=C(O)C(F)(F)Cc1ccc(N2CCOCC2)cc1. The first-order chi connectivity index (χ1) is 8.99. The van der Waals surface area contributed by atoms with E-state index in [9.17, 15) is 13.6 Å². The van der Waals surface area contributed by atoms with Gasteiger partial charge in [-0.25, -0.2) is 4.79 Å². The van der Waals surface area contributed by atoms with Gasteiger partial charge in [-0.2, -0.15) is 8.78 Å². The van der Waals surface area contributed by atoms with Crippen LogP contribution in [0.1, 0.15) is 5.56 Å². The van der Waals surface area contributed by atoms with Gasteiger partial charge in [0.2, 0.25) is 0 Å². The van der Waals surface area contributed by atoms with Crippen LogP contribution in [0.4, 0.5) is 14.5 Å². The number of hydrogen-bond donors (Lipinski definition) is 1. The summed E-state index contributed by atoms with van der Waals surface area (Å²) in [5.41, 5.74) is 1.25. The maximum atomic E-state index is 13.1. The van der Waals surface area contributed by atoms with Crippen molar-refractivity contribution in [1.82, 2.24) is 0 Å². The van der Waals surface area contributed by atoms with Gasteiger partial charge >= 0.3 is 11.9 Å². The van der Waals surface area contributed by atoms with Gasteiger partial charge < -0.3 is 14.7 Å². The Morgan fingerprint density at radius 3 is 2.37 bits per heavy atom. The van der Waals surface area contributed by atoms with Crippen LogP contribution in [0.25, 0.3) is 0 Å². The summed E-state index contributed by atoms with van der Waals surface area (Å²) in [5, 5.41) is 8.39. The molecule has 1 aromatic rings. The molecule has 0 atom stereocenters. The highest BCUT2D eigenvalue weighted by Crippen LogP contribution is 2.23. The smallest absolute Gasteiger partial charge is 0.374 e. The van der Waals surface area contributed by atoms with Crippen LogP contribution in [0.5, 0.6) is 0 Å². The van der Waals surface area contributed by atoms with Crippen molar-refractivity contribution in [3.8, 4) is 0 Å². The van der Waals surface area contributed by atoms with Crippen molar-refractivity contribution < 1.29 is 23.4 Å². The Morgan fingerprint density at radius 2 is 1.84 bits per heavy atom. The molecular weight excluding hydrogens is 256 g/mol. The molecule has 0 spiro atoms. The molecule has 19 heavy (non-hydrogen) atoms. The number of carbonyl (C=O) groups is 1. The molecule has 1 aliphatic heterocycles. The molecule has 0 aliphatic carbocycles. The molecule has 2 rings (SSSR count). The lowest BCUT2D eigenvalue weighted by molar-refractivity contribution is -0.164. The van der Waals surface area contributed by atoms with Crippen molar-refractivity contribution in [3.63, 3.8) is 0 Å². The molecule has 0 bridgehead atoms. The monoisotopic (exact) mass is 271 g/mol. The molecule has 0 saturated carbocycles. The normalized spacial score (nSPS) is 16.4. The molecule has 0 radical (unpaired) electrons. The van der Waals surface area contributed by atoms with Gasteiger partial charge in [-0.3, -0.25) is 0 Å². The maximum Gasteiger partial charge on any atom is 0.374 e. The van der Waals surface area contributed by atoms with Crippen LogP contribution in [0, 0.1) is 0 Å². The fourth-order valence-corrected chi connectivity index (χ4v) is 1.98. The molecule has 6 heteroatoms. The number of carboxylic acids is 1. The molecule has 4 nitrogen and oxygen atoms in total. The van der Waals surface area contributed by atoms with Crippen molar-refractivity contribution in [3.05, 3.63) is 29.8 Å². The third-order valence-electron chi connectivity index (χ3n) is 3.05. The van der Waals surface area contributed by atoms with Crippen molar-refractivity contribution in [2.75, 3.05) is 31.2 Å². The largest absolute Gasteiger partial charge is 0.477 e. The Morgan fingerprint density at radius 1 is 1.26 bits per heavy atom. The fourth-order valence-electron chi connectivity index (χ4n) is 1.98. The lowest BCUT2D eigenvalue weighted by atomic mass is 10.1. The second-order valence-electron chi connectivity index (χ2n) is 4.45. The maximum absolute atomic E-state index is 13.1. The molecular formula is C13H15F2NO3. The summed E-state index contributed by atoms with van der Waals surface area (Å²) in [5.74, 6) is -5.81. The molecule has 1 saturated heterocycles. The molecule has 1 heterocycles. The van der Waals surface area contributed by atoms with Crippen LogP contribution in [0.3, 0.4) is 0 Å². The number of halogens is 2. The quantitative estimate of drug-likeness (QED) is 0.907. The molecule has 0 aromatic heterocycles. The minimum absolute atomic E-state index is 0.310. The van der Waals surface area contributed by atoms with Crippen molar-refractivity contribution in [2.45, 2.75) is 12.3 Å². The van der Waals surface area contributed by atoms with E-state index in [0.717, 1.165) is 18.8 Å². The topological polar surface area (TPSA) is 49.8 Å². The summed E-state index contributed by atoms with van der Waals surface area (Å²) in [6.45, 7) is 2.84. The first kappa shape index (κ1) is 13.7. The van der Waals surface area contributed by atoms with E-state index < -0.39 is 18.3 Å². The first-order valence-corrected chi connectivity index (χ1v) is 6.02. The van der Waals surface area contributed by atoms with E-state index in [1.165, 1.54) is 0 Å². The van der Waals surface area contributed by atoms with Gasteiger partial charge in [-0.15, -0.1) is 0 Å². The fraction of sp³-hybridized carbons (Fsp3) is 0.462. The van der Waals surface area contributed by atoms with Crippen molar-refractivity contribution in [2.24, 2.45) is 0 Å². The van der Waals surface area contributed by atoms with E-state index in [4.69, 9.17) is 9.84 Å². The molecule has 1 N–H and O–H groups in total. The summed E-state index contributed by atoms with van der Waals surface area (Å²) in [6.07, 6.45) is -0.786. The van der Waals surface area contributed by atoms with E-state index in [1.54, 1.807) is 24.3 Å². The predicted molar refractivity (Wildman–Crippen MR) is 65.8 cm³/mol. The van der Waals surface area contributed by atoms with E-state index >= 15 is 0 Å². The molecule has 0 unspecified atom stereocenters. The van der Waals surface area contributed by atoms with Gasteiger partial charge in [0, 0.05) is 25.2 Å². The van der Waals surface area contributed by atoms with Crippen LogP contribution in [-0.2, 0) is 16.0 Å². The number of nitrogens with zero attached hydrogens (tertiary/aromatic N) is 1. The van der Waals surface area contributed by atoms with Crippen molar-refractivity contribution in [1.29, 1.82) is 0 Å². The van der Waals surface area contributed by atoms with E-state index in [-0.39, 0.29) is 0 Å². The van der Waals surface area contributed by atoms with Crippen LogP contribution in [-0.4, -0.2) is 43.3 Å². The molecule has 1 aliphatic rings. The standard InChI is InChI=1S/C13H15F2NO3/c14-13(15,12(17)18)9-10-1-3-11(4-2-10)16-5-7-19-8-6-16/h1-4H,5-9H2,(H,17,18). The number of rotatable bonds is 4. The zero-order valence-corrected chi connectivity index (χ0v) is 10.3. The summed E-state index contributed by atoms with van der Waals surface area (Å²) in [4.78, 5) is 12.5. The van der Waals surface area contributed by atoms with Gasteiger partial charge in [0.05, 0.1) is 13.2 Å². The zero-order valence-electron chi connectivity index (χ0n) is 10.3. The molecule has 1 aromatic carbocycles. The number of hydrogen-bond acceptors (Lipinski definition) is 3. The number of anilines is 1. The van der Waals surface area contributed by atoms with Crippen LogP contribution in [0.15, 0.2) is 24.3 Å². The van der Waals surface area contributed by atoms with Gasteiger partial charge in [0.25, 0.3) is 0 Å². The van der Waals surface area contributed by atoms with Crippen molar-refractivity contribution >= 4 is 11.7 Å². The molecule has 104 valence electrons. The van der Waals surface area contributed by atoms with Crippen LogP contribution >= 0.6 is 0 Å². The first-order valence-electron chi connectivity index (χ1n) is 6.02. The van der Waals surface area contributed by atoms with Gasteiger partial charge in [0.1, 0.15) is 0 Å². The zero-order chi connectivity index (χ0) is 13.9. The number of carboxylic acid groups (broad SMARTS) is 1. The highest BCUT2D eigenvalue weighted by molar-refractivity contribution is 5.75.